The largest absolute Gasteiger partial charge is 0.493 e. The number of rotatable bonds is 8. The van der Waals surface area contributed by atoms with Crippen LogP contribution >= 0.6 is 15.9 Å². The second-order valence-electron chi connectivity index (χ2n) is 7.61. The Bertz CT molecular complexity index is 1080. The molecule has 0 aromatic heterocycles. The third-order valence-electron chi connectivity index (χ3n) is 4.81. The van der Waals surface area contributed by atoms with Crippen LogP contribution < -0.4 is 25.5 Å². The molecule has 1 aliphatic rings. The molecule has 3 amide bonds. The number of halogens is 1. The summed E-state index contributed by atoms with van der Waals surface area (Å²) in [5, 5.41) is 9.24. The molecular formula is C23H25BrN4O5. The van der Waals surface area contributed by atoms with Gasteiger partial charge in [0.25, 0.3) is 5.91 Å². The van der Waals surface area contributed by atoms with E-state index in [1.54, 1.807) is 18.2 Å². The molecule has 2 aromatic rings. The fourth-order valence-corrected chi connectivity index (χ4v) is 3.69. The third kappa shape index (κ3) is 7.04. The summed E-state index contributed by atoms with van der Waals surface area (Å²) in [6.07, 6.45) is 3.16. The van der Waals surface area contributed by atoms with Crippen LogP contribution in [0.4, 0.5) is 5.69 Å². The minimum Gasteiger partial charge on any atom is -0.493 e. The number of anilines is 1. The summed E-state index contributed by atoms with van der Waals surface area (Å²) in [6, 6.07) is 8.89. The molecule has 3 N–H and O–H groups in total. The molecule has 0 spiro atoms. The standard InChI is InChI=1S/C23H25BrN4O5/c1-13-8-16(24)9-14(2)21(13)27-20(29)12-33-18-7-4-15(10-19(18)32-3)11-25-28-23(31)22(30)26-17-5-6-17/h4,7-11,17H,5-6,12H2,1-3H3,(H,26,30)(H,27,29)(H,28,31)/b25-11-. The molecule has 1 aliphatic carbocycles. The van der Waals surface area contributed by atoms with Gasteiger partial charge in [0.2, 0.25) is 0 Å². The van der Waals surface area contributed by atoms with Crippen LogP contribution in [-0.4, -0.2) is 43.7 Å². The highest BCUT2D eigenvalue weighted by atomic mass is 79.9. The van der Waals surface area contributed by atoms with Gasteiger partial charge in [-0.2, -0.15) is 5.10 Å². The van der Waals surface area contributed by atoms with E-state index in [2.05, 4.69) is 37.1 Å². The number of amides is 3. The van der Waals surface area contributed by atoms with Crippen LogP contribution in [0, 0.1) is 13.8 Å². The van der Waals surface area contributed by atoms with Gasteiger partial charge in [-0.3, -0.25) is 14.4 Å². The summed E-state index contributed by atoms with van der Waals surface area (Å²) in [6.45, 7) is 3.63. The van der Waals surface area contributed by atoms with Gasteiger partial charge in [-0.15, -0.1) is 0 Å². The number of hydrogen-bond donors (Lipinski definition) is 3. The summed E-state index contributed by atoms with van der Waals surface area (Å²) < 4.78 is 11.9. The zero-order chi connectivity index (χ0) is 24.0. The average Bonchev–Trinajstić information content (AvgIpc) is 3.59. The molecule has 0 aliphatic heterocycles. The number of carbonyl (C=O) groups excluding carboxylic acids is 3. The number of carbonyl (C=O) groups is 3. The number of nitrogens with zero attached hydrogens (tertiary/aromatic N) is 1. The summed E-state index contributed by atoms with van der Waals surface area (Å²) in [7, 11) is 1.47. The van der Waals surface area contributed by atoms with Gasteiger partial charge >= 0.3 is 11.8 Å². The third-order valence-corrected chi connectivity index (χ3v) is 5.26. The van der Waals surface area contributed by atoms with E-state index in [0.29, 0.717) is 17.1 Å². The summed E-state index contributed by atoms with van der Waals surface area (Å²) in [5.41, 5.74) is 5.41. The molecule has 0 atom stereocenters. The Kier molecular flexibility index (Phi) is 8.05. The second kappa shape index (κ2) is 11.0. The van der Waals surface area contributed by atoms with Crippen molar-refractivity contribution in [1.82, 2.24) is 10.7 Å². The van der Waals surface area contributed by atoms with Crippen molar-refractivity contribution >= 4 is 45.6 Å². The molecule has 0 bridgehead atoms. The fourth-order valence-electron chi connectivity index (χ4n) is 3.01. The Morgan fingerprint density at radius 2 is 1.79 bits per heavy atom. The highest BCUT2D eigenvalue weighted by Gasteiger charge is 2.26. The van der Waals surface area contributed by atoms with E-state index >= 15 is 0 Å². The molecule has 0 saturated heterocycles. The van der Waals surface area contributed by atoms with Gasteiger partial charge in [-0.1, -0.05) is 15.9 Å². The van der Waals surface area contributed by atoms with Crippen LogP contribution in [0.1, 0.15) is 29.5 Å². The smallest absolute Gasteiger partial charge is 0.329 e. The van der Waals surface area contributed by atoms with Crippen molar-refractivity contribution in [2.75, 3.05) is 19.0 Å². The van der Waals surface area contributed by atoms with Gasteiger partial charge in [0.1, 0.15) is 0 Å². The Morgan fingerprint density at radius 1 is 1.09 bits per heavy atom. The predicted molar refractivity (Wildman–Crippen MR) is 128 cm³/mol. The molecule has 3 rings (SSSR count). The Hall–Kier alpha value is -3.40. The molecule has 1 fully saturated rings. The highest BCUT2D eigenvalue weighted by molar-refractivity contribution is 9.10. The SMILES string of the molecule is COc1cc(/C=N\NC(=O)C(=O)NC2CC2)ccc1OCC(=O)Nc1c(C)cc(Br)cc1C. The maximum atomic E-state index is 12.4. The minimum atomic E-state index is -0.827. The Morgan fingerprint density at radius 3 is 2.42 bits per heavy atom. The Balaban J connectivity index is 1.55. The zero-order valence-corrected chi connectivity index (χ0v) is 20.1. The van der Waals surface area contributed by atoms with Crippen LogP contribution in [-0.2, 0) is 14.4 Å². The van der Waals surface area contributed by atoms with Crippen LogP contribution in [0.3, 0.4) is 0 Å². The van der Waals surface area contributed by atoms with Crippen molar-refractivity contribution in [2.45, 2.75) is 32.7 Å². The molecular weight excluding hydrogens is 492 g/mol. The van der Waals surface area contributed by atoms with Gasteiger partial charge in [0.05, 0.1) is 13.3 Å². The lowest BCUT2D eigenvalue weighted by Crippen LogP contribution is -2.38. The van der Waals surface area contributed by atoms with E-state index in [-0.39, 0.29) is 18.6 Å². The lowest BCUT2D eigenvalue weighted by Gasteiger charge is -2.14. The monoisotopic (exact) mass is 516 g/mol. The van der Waals surface area contributed by atoms with E-state index in [9.17, 15) is 14.4 Å². The van der Waals surface area contributed by atoms with Crippen LogP contribution in [0.5, 0.6) is 11.5 Å². The summed E-state index contributed by atoms with van der Waals surface area (Å²) in [4.78, 5) is 35.7. The van der Waals surface area contributed by atoms with Crippen LogP contribution in [0.2, 0.25) is 0 Å². The number of ether oxygens (including phenoxy) is 2. The van der Waals surface area contributed by atoms with Gasteiger partial charge in [0.15, 0.2) is 18.1 Å². The van der Waals surface area contributed by atoms with E-state index in [1.807, 2.05) is 26.0 Å². The maximum absolute atomic E-state index is 12.4. The number of methoxy groups -OCH3 is 1. The normalized spacial score (nSPS) is 12.8. The first kappa shape index (κ1) is 24.2. The molecule has 174 valence electrons. The highest BCUT2D eigenvalue weighted by Crippen LogP contribution is 2.28. The topological polar surface area (TPSA) is 118 Å². The van der Waals surface area contributed by atoms with Gasteiger partial charge in [-0.25, -0.2) is 5.43 Å². The molecule has 10 heteroatoms. The quantitative estimate of drug-likeness (QED) is 0.283. The van der Waals surface area contributed by atoms with Crippen molar-refractivity contribution in [3.05, 3.63) is 51.5 Å². The van der Waals surface area contributed by atoms with Crippen LogP contribution in [0.15, 0.2) is 39.9 Å². The molecule has 0 unspecified atom stereocenters. The molecule has 9 nitrogen and oxygen atoms in total. The molecule has 0 heterocycles. The number of hydrogen-bond acceptors (Lipinski definition) is 6. The summed E-state index contributed by atoms with van der Waals surface area (Å²) in [5.74, 6) is -1.07. The first-order valence-electron chi connectivity index (χ1n) is 10.3. The second-order valence-corrected chi connectivity index (χ2v) is 8.52. The van der Waals surface area contributed by atoms with Crippen LogP contribution in [0.25, 0.3) is 0 Å². The van der Waals surface area contributed by atoms with E-state index in [0.717, 1.165) is 34.1 Å². The lowest BCUT2D eigenvalue weighted by atomic mass is 10.1. The minimum absolute atomic E-state index is 0.0917. The fraction of sp³-hybridized carbons (Fsp3) is 0.304. The first-order chi connectivity index (χ1) is 15.8. The van der Waals surface area contributed by atoms with Crippen molar-refractivity contribution in [3.63, 3.8) is 0 Å². The van der Waals surface area contributed by atoms with E-state index < -0.39 is 11.8 Å². The van der Waals surface area contributed by atoms with E-state index in [4.69, 9.17) is 9.47 Å². The van der Waals surface area contributed by atoms with Crippen molar-refractivity contribution in [2.24, 2.45) is 5.10 Å². The molecule has 2 aromatic carbocycles. The van der Waals surface area contributed by atoms with E-state index in [1.165, 1.54) is 13.3 Å². The maximum Gasteiger partial charge on any atom is 0.329 e. The predicted octanol–water partition coefficient (Wildman–Crippen LogP) is 2.82. The van der Waals surface area contributed by atoms with Gasteiger partial charge in [-0.05, 0) is 73.7 Å². The average molecular weight is 517 g/mol. The number of nitrogens with one attached hydrogen (secondary N) is 3. The Labute approximate surface area is 200 Å². The molecule has 1 saturated carbocycles. The number of hydrazone groups is 1. The summed E-state index contributed by atoms with van der Waals surface area (Å²) >= 11 is 3.44. The van der Waals surface area contributed by atoms with Gasteiger partial charge < -0.3 is 20.1 Å². The van der Waals surface area contributed by atoms with Crippen molar-refractivity contribution in [3.8, 4) is 11.5 Å². The molecule has 33 heavy (non-hydrogen) atoms. The number of aryl methyl sites for hydroxylation is 2. The first-order valence-corrected chi connectivity index (χ1v) is 11.1. The van der Waals surface area contributed by atoms with Crippen molar-refractivity contribution in [1.29, 1.82) is 0 Å². The zero-order valence-electron chi connectivity index (χ0n) is 18.5. The van der Waals surface area contributed by atoms with Crippen molar-refractivity contribution < 1.29 is 23.9 Å². The molecule has 0 radical (unpaired) electrons. The lowest BCUT2D eigenvalue weighted by molar-refractivity contribution is -0.139. The van der Waals surface area contributed by atoms with Gasteiger partial charge in [0, 0.05) is 16.2 Å². The number of benzene rings is 2.